The molecule has 0 aliphatic heterocycles. The number of nitrogens with zero attached hydrogens (tertiary/aromatic N) is 1. The number of hydrogen-bond acceptors (Lipinski definition) is 5. The van der Waals surface area contributed by atoms with Gasteiger partial charge in [-0.25, -0.2) is 4.72 Å². The van der Waals surface area contributed by atoms with Crippen LogP contribution in [0.2, 0.25) is 0 Å². The van der Waals surface area contributed by atoms with E-state index in [-0.39, 0.29) is 0 Å². The summed E-state index contributed by atoms with van der Waals surface area (Å²) >= 11 is -2.00. The lowest BCUT2D eigenvalue weighted by Gasteiger charge is -2.11. The first-order valence-corrected chi connectivity index (χ1v) is 7.33. The third kappa shape index (κ3) is 4.97. The number of carbonyl (C=O) groups excluding carboxylic acids is 1. The van der Waals surface area contributed by atoms with Crippen LogP contribution < -0.4 is 14.6 Å². The third-order valence-electron chi connectivity index (χ3n) is 2.63. The van der Waals surface area contributed by atoms with Crippen molar-refractivity contribution in [2.45, 2.75) is 12.5 Å². The van der Waals surface area contributed by atoms with Gasteiger partial charge < -0.3 is 9.92 Å². The molecule has 0 saturated carbocycles. The van der Waals surface area contributed by atoms with E-state index in [1.54, 1.807) is 18.3 Å². The van der Waals surface area contributed by atoms with Gasteiger partial charge in [0.2, 0.25) is 0 Å². The van der Waals surface area contributed by atoms with Crippen LogP contribution in [0.4, 0.5) is 0 Å². The molecule has 1 aromatic heterocycles. The van der Waals surface area contributed by atoms with E-state index in [9.17, 15) is 9.00 Å². The van der Waals surface area contributed by atoms with Crippen LogP contribution in [0.5, 0.6) is 5.75 Å². The van der Waals surface area contributed by atoms with E-state index in [4.69, 9.17) is 9.92 Å². The molecular weight excluding hydrogens is 290 g/mol. The predicted octanol–water partition coefficient (Wildman–Crippen LogP) is 0.725. The number of nitrogens with one attached hydrogen (secondary N) is 1. The summed E-state index contributed by atoms with van der Waals surface area (Å²) in [5, 5.41) is 0. The van der Waals surface area contributed by atoms with E-state index in [1.807, 2.05) is 30.3 Å². The van der Waals surface area contributed by atoms with Crippen LogP contribution in [0.3, 0.4) is 0 Å². The Bertz CT molecular complexity index is 607. The topological polar surface area (TPSA) is 94.3 Å². The largest absolute Gasteiger partial charge is 0.383 e. The first-order chi connectivity index (χ1) is 10.1. The molecule has 2 atom stereocenters. The van der Waals surface area contributed by atoms with Gasteiger partial charge in [-0.15, -0.1) is 0 Å². The molecule has 1 aromatic carbocycles. The van der Waals surface area contributed by atoms with Gasteiger partial charge in [0.15, 0.2) is 5.75 Å². The van der Waals surface area contributed by atoms with Gasteiger partial charge in [0, 0.05) is 6.20 Å². The highest BCUT2D eigenvalue weighted by Gasteiger charge is 2.17. The van der Waals surface area contributed by atoms with E-state index >= 15 is 0 Å². The predicted molar refractivity (Wildman–Crippen MR) is 79.3 cm³/mol. The van der Waals surface area contributed by atoms with Crippen molar-refractivity contribution in [3.8, 4) is 5.75 Å². The molecule has 0 fully saturated rings. The molecule has 0 saturated heterocycles. The Hall–Kier alpha value is -2.25. The second-order valence-electron chi connectivity index (χ2n) is 4.27. The molecule has 1 heterocycles. The molecule has 0 aliphatic rings. The molecule has 2 aromatic rings. The number of nitrogens with two attached hydrogens (primary N) is 1. The molecule has 0 bridgehead atoms. The van der Waals surface area contributed by atoms with Gasteiger partial charge in [-0.05, 0) is 24.1 Å². The number of carbonyl (C=O) groups is 1. The van der Waals surface area contributed by atoms with Gasteiger partial charge in [0.1, 0.15) is 0 Å². The second-order valence-corrected chi connectivity index (χ2v) is 5.11. The fourth-order valence-corrected chi connectivity index (χ4v) is 2.25. The zero-order valence-corrected chi connectivity index (χ0v) is 12.0. The van der Waals surface area contributed by atoms with Gasteiger partial charge >= 0.3 is 11.3 Å². The Balaban J connectivity index is 1.84. The Kier molecular flexibility index (Phi) is 5.42. The minimum Gasteiger partial charge on any atom is -0.383 e. The van der Waals surface area contributed by atoms with Crippen molar-refractivity contribution < 1.29 is 13.2 Å². The van der Waals surface area contributed by atoms with E-state index in [0.717, 1.165) is 5.56 Å². The summed E-state index contributed by atoms with van der Waals surface area (Å²) < 4.78 is 18.9. The lowest BCUT2D eigenvalue weighted by molar-refractivity contribution is -0.120. The van der Waals surface area contributed by atoms with Crippen LogP contribution in [-0.4, -0.2) is 21.1 Å². The lowest BCUT2D eigenvalue weighted by Crippen LogP contribution is -2.43. The van der Waals surface area contributed by atoms with Crippen molar-refractivity contribution in [3.63, 3.8) is 0 Å². The highest BCUT2D eigenvalue weighted by atomic mass is 32.2. The average Bonchev–Trinajstić information content (AvgIpc) is 2.49. The smallest absolute Gasteiger partial charge is 0.318 e. The monoisotopic (exact) mass is 305 g/mol. The molecule has 21 heavy (non-hydrogen) atoms. The van der Waals surface area contributed by atoms with E-state index < -0.39 is 23.2 Å². The Morgan fingerprint density at radius 1 is 1.29 bits per heavy atom. The molecule has 2 rings (SSSR count). The second kappa shape index (κ2) is 7.51. The van der Waals surface area contributed by atoms with Crippen LogP contribution in [-0.2, 0) is 22.5 Å². The molecule has 6 nitrogen and oxygen atoms in total. The van der Waals surface area contributed by atoms with Gasteiger partial charge in [-0.3, -0.25) is 9.78 Å². The SMILES string of the molecule is NC(Cc1ccccc1)C(=O)NS(=O)Oc1cccnc1. The fourth-order valence-electron chi connectivity index (χ4n) is 1.62. The van der Waals surface area contributed by atoms with Crippen LogP contribution in [0, 0.1) is 0 Å². The van der Waals surface area contributed by atoms with Crippen molar-refractivity contribution in [2.24, 2.45) is 5.73 Å². The Morgan fingerprint density at radius 2 is 2.05 bits per heavy atom. The average molecular weight is 305 g/mol. The normalized spacial score (nSPS) is 13.2. The number of amides is 1. The molecule has 0 aliphatic carbocycles. The highest BCUT2D eigenvalue weighted by molar-refractivity contribution is 7.79. The van der Waals surface area contributed by atoms with Crippen molar-refractivity contribution in [1.29, 1.82) is 0 Å². The zero-order valence-electron chi connectivity index (χ0n) is 11.1. The molecule has 2 unspecified atom stereocenters. The van der Waals surface area contributed by atoms with Gasteiger partial charge in [0.05, 0.1) is 12.2 Å². The van der Waals surface area contributed by atoms with Crippen LogP contribution >= 0.6 is 0 Å². The summed E-state index contributed by atoms with van der Waals surface area (Å²) in [5.41, 5.74) is 6.71. The standard InChI is InChI=1S/C14H15N3O3S/c15-13(9-11-5-2-1-3-6-11)14(18)17-21(19)20-12-7-4-8-16-10-12/h1-8,10,13H,9,15H2,(H,17,18). The number of aromatic nitrogens is 1. The summed E-state index contributed by atoms with van der Waals surface area (Å²) in [5.74, 6) is -0.242. The van der Waals surface area contributed by atoms with Gasteiger partial charge in [0.25, 0.3) is 5.91 Å². The summed E-state index contributed by atoms with van der Waals surface area (Å²) in [7, 11) is 0. The third-order valence-corrected chi connectivity index (χ3v) is 3.34. The maximum Gasteiger partial charge on any atom is 0.318 e. The summed E-state index contributed by atoms with van der Waals surface area (Å²) in [4.78, 5) is 15.6. The first kappa shape index (κ1) is 15.1. The van der Waals surface area contributed by atoms with Crippen LogP contribution in [0.25, 0.3) is 0 Å². The fraction of sp³-hybridized carbons (Fsp3) is 0.143. The Labute approximate surface area is 125 Å². The molecule has 0 radical (unpaired) electrons. The van der Waals surface area contributed by atoms with Crippen LogP contribution in [0.15, 0.2) is 54.9 Å². The summed E-state index contributed by atoms with van der Waals surface area (Å²) in [6, 6.07) is 11.8. The number of benzene rings is 1. The molecule has 1 amide bonds. The molecule has 0 spiro atoms. The van der Waals surface area contributed by atoms with Gasteiger partial charge in [-0.2, -0.15) is 4.21 Å². The van der Waals surface area contributed by atoms with E-state index in [1.165, 1.54) is 6.20 Å². The molecule has 110 valence electrons. The van der Waals surface area contributed by atoms with Crippen molar-refractivity contribution in [1.82, 2.24) is 9.71 Å². The highest BCUT2D eigenvalue weighted by Crippen LogP contribution is 2.07. The van der Waals surface area contributed by atoms with Crippen molar-refractivity contribution >= 4 is 17.2 Å². The lowest BCUT2D eigenvalue weighted by atomic mass is 10.1. The Morgan fingerprint density at radius 3 is 2.71 bits per heavy atom. The minimum atomic E-state index is -2.00. The summed E-state index contributed by atoms with van der Waals surface area (Å²) in [6.07, 6.45) is 3.31. The maximum atomic E-state index is 11.8. The van der Waals surface area contributed by atoms with Crippen molar-refractivity contribution in [2.75, 3.05) is 0 Å². The number of hydrogen-bond donors (Lipinski definition) is 2. The van der Waals surface area contributed by atoms with Crippen molar-refractivity contribution in [3.05, 3.63) is 60.4 Å². The first-order valence-electron chi connectivity index (χ1n) is 6.25. The number of pyridine rings is 1. The van der Waals surface area contributed by atoms with Gasteiger partial charge in [-0.1, -0.05) is 30.3 Å². The van der Waals surface area contributed by atoms with E-state index in [2.05, 4.69) is 9.71 Å². The number of rotatable bonds is 6. The summed E-state index contributed by atoms with van der Waals surface area (Å²) in [6.45, 7) is 0. The van der Waals surface area contributed by atoms with E-state index in [0.29, 0.717) is 12.2 Å². The quantitative estimate of drug-likeness (QED) is 0.820. The molecule has 7 heteroatoms. The maximum absolute atomic E-state index is 11.8. The molecule has 3 N–H and O–H groups in total. The zero-order chi connectivity index (χ0) is 15.1. The van der Waals surface area contributed by atoms with Crippen LogP contribution in [0.1, 0.15) is 5.56 Å². The molecular formula is C14H15N3O3S. The minimum absolute atomic E-state index is 0.299.